The van der Waals surface area contributed by atoms with E-state index in [1.165, 1.54) is 24.9 Å². The maximum absolute atomic E-state index is 14.0. The van der Waals surface area contributed by atoms with Crippen LogP contribution in [0.2, 0.25) is 0 Å². The summed E-state index contributed by atoms with van der Waals surface area (Å²) in [5.74, 6) is -0.301. The van der Waals surface area contributed by atoms with E-state index in [2.05, 4.69) is 9.97 Å². The Labute approximate surface area is 153 Å². The van der Waals surface area contributed by atoms with E-state index in [1.807, 2.05) is 12.1 Å². The Morgan fingerprint density at radius 2 is 1.92 bits per heavy atom. The van der Waals surface area contributed by atoms with Gasteiger partial charge in [0.05, 0.1) is 12.8 Å². The van der Waals surface area contributed by atoms with Crippen LogP contribution in [0.5, 0.6) is 5.75 Å². The van der Waals surface area contributed by atoms with Crippen molar-refractivity contribution in [3.05, 3.63) is 64.2 Å². The van der Waals surface area contributed by atoms with Crippen LogP contribution in [0.15, 0.2) is 52.4 Å². The van der Waals surface area contributed by atoms with Crippen molar-refractivity contribution >= 4 is 11.8 Å². The Morgan fingerprint density at radius 1 is 1.19 bits per heavy atom. The Balaban J connectivity index is 2.14. The maximum atomic E-state index is 14.0. The molecule has 0 aliphatic carbocycles. The molecule has 5 nitrogen and oxygen atoms in total. The van der Waals surface area contributed by atoms with Crippen molar-refractivity contribution in [2.45, 2.75) is 5.16 Å². The topological polar surface area (TPSA) is 78.8 Å². The molecule has 0 bridgehead atoms. The summed E-state index contributed by atoms with van der Waals surface area (Å²) < 4.78 is 18.9. The third-order valence-electron chi connectivity index (χ3n) is 3.82. The van der Waals surface area contributed by atoms with E-state index in [0.29, 0.717) is 22.0 Å². The first-order valence-corrected chi connectivity index (χ1v) is 8.82. The minimum absolute atomic E-state index is 0.0548. The molecule has 7 heteroatoms. The van der Waals surface area contributed by atoms with Crippen molar-refractivity contribution in [2.24, 2.45) is 0 Å². The number of aromatic nitrogens is 2. The molecule has 0 fully saturated rings. The number of H-pyrrole nitrogens is 1. The quantitative estimate of drug-likeness (QED) is 0.560. The van der Waals surface area contributed by atoms with Gasteiger partial charge in [0.2, 0.25) is 0 Å². The van der Waals surface area contributed by atoms with Crippen LogP contribution in [0.4, 0.5) is 4.39 Å². The standard InChI is InChI=1S/C19H14FN3O2S/c1-25-16-7-6-12(9-15(16)20)11-4-3-5-13(8-11)17-14(10-21)18(24)23-19(22-17)26-2/h3-9H,1-2H3,(H,22,23,24). The number of hydrogen-bond donors (Lipinski definition) is 1. The number of halogens is 1. The Morgan fingerprint density at radius 3 is 2.58 bits per heavy atom. The zero-order valence-electron chi connectivity index (χ0n) is 14.0. The summed E-state index contributed by atoms with van der Waals surface area (Å²) in [6, 6.07) is 13.7. The van der Waals surface area contributed by atoms with Gasteiger partial charge in [-0.3, -0.25) is 4.79 Å². The number of nitrogens with zero attached hydrogens (tertiary/aromatic N) is 2. The molecule has 1 heterocycles. The van der Waals surface area contributed by atoms with Gasteiger partial charge in [-0.05, 0) is 35.6 Å². The fourth-order valence-corrected chi connectivity index (χ4v) is 2.93. The molecule has 0 atom stereocenters. The number of aromatic amines is 1. The number of thioether (sulfide) groups is 1. The number of benzene rings is 2. The van der Waals surface area contributed by atoms with Crippen molar-refractivity contribution in [1.29, 1.82) is 5.26 Å². The third-order valence-corrected chi connectivity index (χ3v) is 4.40. The predicted molar refractivity (Wildman–Crippen MR) is 98.7 cm³/mol. The number of rotatable bonds is 4. The first-order valence-electron chi connectivity index (χ1n) is 7.60. The Bertz CT molecular complexity index is 1070. The predicted octanol–water partition coefficient (Wildman–Crippen LogP) is 3.85. The average Bonchev–Trinajstić information content (AvgIpc) is 2.67. The van der Waals surface area contributed by atoms with Crippen LogP contribution in [0.1, 0.15) is 5.56 Å². The van der Waals surface area contributed by atoms with E-state index < -0.39 is 11.4 Å². The summed E-state index contributed by atoms with van der Waals surface area (Å²) in [7, 11) is 1.41. The van der Waals surface area contributed by atoms with Crippen LogP contribution in [0, 0.1) is 17.1 Å². The normalized spacial score (nSPS) is 10.4. The van der Waals surface area contributed by atoms with Crippen molar-refractivity contribution in [1.82, 2.24) is 9.97 Å². The lowest BCUT2D eigenvalue weighted by atomic mass is 10.00. The molecule has 0 saturated heterocycles. The van der Waals surface area contributed by atoms with Crippen molar-refractivity contribution in [3.8, 4) is 34.2 Å². The summed E-state index contributed by atoms with van der Waals surface area (Å²) in [4.78, 5) is 19.0. The van der Waals surface area contributed by atoms with Gasteiger partial charge in [-0.15, -0.1) is 0 Å². The molecule has 3 aromatic rings. The van der Waals surface area contributed by atoms with Crippen LogP contribution in [0.25, 0.3) is 22.4 Å². The van der Waals surface area contributed by atoms with Gasteiger partial charge in [0.25, 0.3) is 5.56 Å². The zero-order chi connectivity index (χ0) is 18.7. The second-order valence-electron chi connectivity index (χ2n) is 5.34. The summed E-state index contributed by atoms with van der Waals surface area (Å²) >= 11 is 1.28. The Kier molecular flexibility index (Phi) is 5.05. The Hall–Kier alpha value is -3.11. The maximum Gasteiger partial charge on any atom is 0.270 e. The molecule has 0 saturated carbocycles. The van der Waals surface area contributed by atoms with E-state index >= 15 is 0 Å². The summed E-state index contributed by atoms with van der Waals surface area (Å²) in [5.41, 5.74) is 1.76. The van der Waals surface area contributed by atoms with E-state index in [0.717, 1.165) is 5.56 Å². The molecule has 0 radical (unpaired) electrons. The fraction of sp³-hybridized carbons (Fsp3) is 0.105. The molecule has 1 N–H and O–H groups in total. The average molecular weight is 367 g/mol. The summed E-state index contributed by atoms with van der Waals surface area (Å²) in [5, 5.41) is 9.75. The monoisotopic (exact) mass is 367 g/mol. The van der Waals surface area contributed by atoms with Crippen molar-refractivity contribution in [2.75, 3.05) is 13.4 Å². The van der Waals surface area contributed by atoms with Gasteiger partial charge in [-0.2, -0.15) is 5.26 Å². The van der Waals surface area contributed by atoms with E-state index in [1.54, 1.807) is 36.6 Å². The first-order chi connectivity index (χ1) is 12.6. The lowest BCUT2D eigenvalue weighted by molar-refractivity contribution is 0.386. The molecule has 0 spiro atoms. The molecule has 0 unspecified atom stereocenters. The van der Waals surface area contributed by atoms with Crippen LogP contribution >= 0.6 is 11.8 Å². The highest BCUT2D eigenvalue weighted by Crippen LogP contribution is 2.29. The van der Waals surface area contributed by atoms with E-state index in [4.69, 9.17) is 4.74 Å². The van der Waals surface area contributed by atoms with Gasteiger partial charge in [0, 0.05) is 5.56 Å². The van der Waals surface area contributed by atoms with Gasteiger partial charge in [0.15, 0.2) is 16.7 Å². The van der Waals surface area contributed by atoms with E-state index in [-0.39, 0.29) is 11.3 Å². The molecular formula is C19H14FN3O2S. The zero-order valence-corrected chi connectivity index (χ0v) is 14.9. The minimum atomic E-state index is -0.484. The first kappa shape index (κ1) is 17.7. The number of hydrogen-bond acceptors (Lipinski definition) is 5. The molecule has 1 aromatic heterocycles. The second-order valence-corrected chi connectivity index (χ2v) is 6.14. The molecule has 0 amide bonds. The van der Waals surface area contributed by atoms with Crippen LogP contribution < -0.4 is 10.3 Å². The fourth-order valence-electron chi connectivity index (χ4n) is 2.55. The van der Waals surface area contributed by atoms with Gasteiger partial charge in [-0.25, -0.2) is 9.37 Å². The molecule has 0 aliphatic heterocycles. The summed E-state index contributed by atoms with van der Waals surface area (Å²) in [6.07, 6.45) is 1.78. The molecule has 3 rings (SSSR count). The molecule has 26 heavy (non-hydrogen) atoms. The number of methoxy groups -OCH3 is 1. The smallest absolute Gasteiger partial charge is 0.270 e. The number of ether oxygens (including phenoxy) is 1. The van der Waals surface area contributed by atoms with Crippen molar-refractivity contribution in [3.63, 3.8) is 0 Å². The van der Waals surface area contributed by atoms with E-state index in [9.17, 15) is 14.4 Å². The largest absolute Gasteiger partial charge is 0.494 e. The minimum Gasteiger partial charge on any atom is -0.494 e. The van der Waals surface area contributed by atoms with Gasteiger partial charge < -0.3 is 9.72 Å². The van der Waals surface area contributed by atoms with Crippen LogP contribution in [0.3, 0.4) is 0 Å². The molecule has 2 aromatic carbocycles. The third kappa shape index (κ3) is 3.32. The van der Waals surface area contributed by atoms with Gasteiger partial charge in [0.1, 0.15) is 11.6 Å². The highest BCUT2D eigenvalue weighted by Gasteiger charge is 2.14. The lowest BCUT2D eigenvalue weighted by Crippen LogP contribution is -2.14. The van der Waals surface area contributed by atoms with Gasteiger partial charge in [-0.1, -0.05) is 36.0 Å². The highest BCUT2D eigenvalue weighted by atomic mass is 32.2. The van der Waals surface area contributed by atoms with Crippen molar-refractivity contribution < 1.29 is 9.13 Å². The highest BCUT2D eigenvalue weighted by molar-refractivity contribution is 7.98. The van der Waals surface area contributed by atoms with Crippen LogP contribution in [-0.4, -0.2) is 23.3 Å². The lowest BCUT2D eigenvalue weighted by Gasteiger charge is -2.09. The second kappa shape index (κ2) is 7.42. The SMILES string of the molecule is COc1ccc(-c2cccc(-c3nc(SC)[nH]c(=O)c3C#N)c2)cc1F. The molecule has 130 valence electrons. The molecule has 0 aliphatic rings. The van der Waals surface area contributed by atoms with Crippen LogP contribution in [-0.2, 0) is 0 Å². The van der Waals surface area contributed by atoms with Gasteiger partial charge >= 0.3 is 0 Å². The summed E-state index contributed by atoms with van der Waals surface area (Å²) in [6.45, 7) is 0. The number of nitrogens with one attached hydrogen (secondary N) is 1. The molecular weight excluding hydrogens is 353 g/mol. The number of nitriles is 1.